The summed E-state index contributed by atoms with van der Waals surface area (Å²) in [5, 5.41) is 3.53. The predicted octanol–water partition coefficient (Wildman–Crippen LogP) is 5.00. The third kappa shape index (κ3) is 2.39. The van der Waals surface area contributed by atoms with Crippen LogP contribution < -0.4 is 5.32 Å². The minimum atomic E-state index is -0.183. The molecule has 0 radical (unpaired) electrons. The van der Waals surface area contributed by atoms with Crippen molar-refractivity contribution in [2.45, 2.75) is 25.8 Å². The fourth-order valence-electron chi connectivity index (χ4n) is 2.74. The average Bonchev–Trinajstić information content (AvgIpc) is 2.78. The molecule has 0 heterocycles. The van der Waals surface area contributed by atoms with E-state index in [2.05, 4.69) is 39.4 Å². The van der Waals surface area contributed by atoms with E-state index in [1.807, 2.05) is 13.0 Å². The van der Waals surface area contributed by atoms with E-state index < -0.39 is 0 Å². The van der Waals surface area contributed by atoms with Crippen LogP contribution in [0.25, 0.3) is 0 Å². The van der Waals surface area contributed by atoms with E-state index in [4.69, 9.17) is 0 Å². The summed E-state index contributed by atoms with van der Waals surface area (Å²) < 4.78 is 14.3. The molecule has 1 nitrogen and oxygen atoms in total. The van der Waals surface area contributed by atoms with Crippen molar-refractivity contribution in [3.05, 3.63) is 63.4 Å². The largest absolute Gasteiger partial charge is 0.378 e. The first-order valence-electron chi connectivity index (χ1n) is 6.45. The van der Waals surface area contributed by atoms with Crippen molar-refractivity contribution in [3.8, 4) is 0 Å². The van der Waals surface area contributed by atoms with Crippen LogP contribution >= 0.6 is 15.9 Å². The van der Waals surface area contributed by atoms with E-state index in [-0.39, 0.29) is 5.82 Å². The molecule has 1 atom stereocenters. The van der Waals surface area contributed by atoms with Crippen LogP contribution in [0.4, 0.5) is 10.1 Å². The summed E-state index contributed by atoms with van der Waals surface area (Å²) in [6.45, 7) is 1.93. The van der Waals surface area contributed by atoms with Crippen LogP contribution in [0, 0.1) is 12.7 Å². The molecule has 0 spiro atoms. The Balaban J connectivity index is 1.89. The second-order valence-electron chi connectivity index (χ2n) is 5.00. The number of aryl methyl sites for hydroxylation is 1. The van der Waals surface area contributed by atoms with E-state index in [1.165, 1.54) is 21.7 Å². The van der Waals surface area contributed by atoms with Gasteiger partial charge >= 0.3 is 0 Å². The zero-order chi connectivity index (χ0) is 13.4. The maximum atomic E-state index is 13.1. The van der Waals surface area contributed by atoms with E-state index in [0.717, 1.165) is 24.1 Å². The van der Waals surface area contributed by atoms with E-state index in [9.17, 15) is 4.39 Å². The van der Waals surface area contributed by atoms with Crippen molar-refractivity contribution < 1.29 is 4.39 Å². The van der Waals surface area contributed by atoms with Gasteiger partial charge < -0.3 is 5.32 Å². The standard InChI is InChI=1S/C16H15BrFN/c1-10-9-11(18)5-7-15(10)19-16-8-6-12-13(16)3-2-4-14(12)17/h2-5,7,9,16,19H,6,8H2,1H3. The Kier molecular flexibility index (Phi) is 3.31. The molecule has 0 fully saturated rings. The molecule has 1 aliphatic carbocycles. The van der Waals surface area contributed by atoms with E-state index >= 15 is 0 Å². The van der Waals surface area contributed by atoms with Gasteiger partial charge in [0.15, 0.2) is 0 Å². The van der Waals surface area contributed by atoms with Gasteiger partial charge in [0, 0.05) is 10.2 Å². The molecule has 1 aliphatic rings. The normalized spacial score (nSPS) is 17.3. The number of nitrogens with one attached hydrogen (secondary N) is 1. The van der Waals surface area contributed by atoms with Crippen LogP contribution in [0.1, 0.15) is 29.2 Å². The second kappa shape index (κ2) is 4.97. The summed E-state index contributed by atoms with van der Waals surface area (Å²) in [5.74, 6) is -0.183. The number of fused-ring (bicyclic) bond motifs is 1. The van der Waals surface area contributed by atoms with Crippen molar-refractivity contribution in [2.24, 2.45) is 0 Å². The lowest BCUT2D eigenvalue weighted by atomic mass is 10.1. The summed E-state index contributed by atoms with van der Waals surface area (Å²) in [6, 6.07) is 11.5. The maximum Gasteiger partial charge on any atom is 0.123 e. The quantitative estimate of drug-likeness (QED) is 0.821. The Morgan fingerprint density at radius 1 is 1.26 bits per heavy atom. The zero-order valence-corrected chi connectivity index (χ0v) is 12.3. The minimum absolute atomic E-state index is 0.183. The van der Waals surface area contributed by atoms with Gasteiger partial charge in [-0.25, -0.2) is 4.39 Å². The van der Waals surface area contributed by atoms with Gasteiger partial charge in [0.05, 0.1) is 6.04 Å². The summed E-state index contributed by atoms with van der Waals surface area (Å²) in [5.41, 5.74) is 4.69. The van der Waals surface area contributed by atoms with Gasteiger partial charge in [0.25, 0.3) is 0 Å². The fraction of sp³-hybridized carbons (Fsp3) is 0.250. The molecule has 2 aromatic rings. The Morgan fingerprint density at radius 2 is 2.11 bits per heavy atom. The van der Waals surface area contributed by atoms with Gasteiger partial charge in [-0.3, -0.25) is 0 Å². The third-order valence-corrected chi connectivity index (χ3v) is 4.47. The monoisotopic (exact) mass is 319 g/mol. The molecule has 1 unspecified atom stereocenters. The lowest BCUT2D eigenvalue weighted by molar-refractivity contribution is 0.626. The first-order chi connectivity index (χ1) is 9.15. The Labute approximate surface area is 121 Å². The van der Waals surface area contributed by atoms with Crippen LogP contribution in [0.3, 0.4) is 0 Å². The van der Waals surface area contributed by atoms with Crippen LogP contribution in [-0.4, -0.2) is 0 Å². The molecular weight excluding hydrogens is 305 g/mol. The van der Waals surface area contributed by atoms with Crippen molar-refractivity contribution in [2.75, 3.05) is 5.32 Å². The number of anilines is 1. The number of hydrogen-bond acceptors (Lipinski definition) is 1. The zero-order valence-electron chi connectivity index (χ0n) is 10.7. The molecule has 0 saturated heterocycles. The topological polar surface area (TPSA) is 12.0 Å². The molecule has 2 aromatic carbocycles. The van der Waals surface area contributed by atoms with E-state index in [0.29, 0.717) is 6.04 Å². The molecule has 0 amide bonds. The maximum absolute atomic E-state index is 13.1. The Morgan fingerprint density at radius 3 is 2.89 bits per heavy atom. The van der Waals surface area contributed by atoms with Gasteiger partial charge in [-0.05, 0) is 60.7 Å². The van der Waals surface area contributed by atoms with Crippen molar-refractivity contribution >= 4 is 21.6 Å². The summed E-state index contributed by atoms with van der Waals surface area (Å²) in [7, 11) is 0. The second-order valence-corrected chi connectivity index (χ2v) is 5.86. The van der Waals surface area contributed by atoms with Crippen LogP contribution in [0.2, 0.25) is 0 Å². The lowest BCUT2D eigenvalue weighted by Crippen LogP contribution is -2.08. The van der Waals surface area contributed by atoms with E-state index in [1.54, 1.807) is 6.07 Å². The summed E-state index contributed by atoms with van der Waals surface area (Å²) >= 11 is 3.61. The predicted molar refractivity (Wildman–Crippen MR) is 80.0 cm³/mol. The van der Waals surface area contributed by atoms with Gasteiger partial charge in [-0.15, -0.1) is 0 Å². The molecule has 0 bridgehead atoms. The fourth-order valence-corrected chi connectivity index (χ4v) is 3.32. The minimum Gasteiger partial charge on any atom is -0.378 e. The van der Waals surface area contributed by atoms with Crippen LogP contribution in [-0.2, 0) is 6.42 Å². The number of hydrogen-bond donors (Lipinski definition) is 1. The third-order valence-electron chi connectivity index (χ3n) is 3.73. The number of rotatable bonds is 2. The summed E-state index contributed by atoms with van der Waals surface area (Å²) in [4.78, 5) is 0. The molecule has 3 rings (SSSR count). The average molecular weight is 320 g/mol. The molecule has 0 aromatic heterocycles. The first-order valence-corrected chi connectivity index (χ1v) is 7.24. The van der Waals surface area contributed by atoms with Crippen molar-refractivity contribution in [1.29, 1.82) is 0 Å². The lowest BCUT2D eigenvalue weighted by Gasteiger charge is -2.17. The van der Waals surface area contributed by atoms with Gasteiger partial charge in [0.1, 0.15) is 5.82 Å². The molecule has 0 saturated carbocycles. The molecule has 98 valence electrons. The van der Waals surface area contributed by atoms with Gasteiger partial charge in [-0.1, -0.05) is 28.1 Å². The molecule has 0 aliphatic heterocycles. The highest BCUT2D eigenvalue weighted by Crippen LogP contribution is 2.38. The highest BCUT2D eigenvalue weighted by Gasteiger charge is 2.24. The molecular formula is C16H15BrFN. The van der Waals surface area contributed by atoms with Gasteiger partial charge in [-0.2, -0.15) is 0 Å². The molecule has 3 heteroatoms. The highest BCUT2D eigenvalue weighted by atomic mass is 79.9. The number of benzene rings is 2. The van der Waals surface area contributed by atoms with Gasteiger partial charge in [0.2, 0.25) is 0 Å². The Bertz CT molecular complexity index is 624. The SMILES string of the molecule is Cc1cc(F)ccc1NC1CCc2c(Br)cccc21. The van der Waals surface area contributed by atoms with Crippen LogP contribution in [0.5, 0.6) is 0 Å². The Hall–Kier alpha value is -1.35. The summed E-state index contributed by atoms with van der Waals surface area (Å²) in [6.07, 6.45) is 2.16. The molecule has 1 N–H and O–H groups in total. The molecule has 19 heavy (non-hydrogen) atoms. The first kappa shape index (κ1) is 12.7. The highest BCUT2D eigenvalue weighted by molar-refractivity contribution is 9.10. The van der Waals surface area contributed by atoms with Crippen LogP contribution in [0.15, 0.2) is 40.9 Å². The van der Waals surface area contributed by atoms with Crippen molar-refractivity contribution in [3.63, 3.8) is 0 Å². The number of halogens is 2. The smallest absolute Gasteiger partial charge is 0.123 e. The van der Waals surface area contributed by atoms with Crippen molar-refractivity contribution in [1.82, 2.24) is 0 Å².